The number of halogens is 1. The van der Waals surface area contributed by atoms with Gasteiger partial charge in [-0.3, -0.25) is 4.79 Å². The number of hydrogen-bond acceptors (Lipinski definition) is 4. The predicted molar refractivity (Wildman–Crippen MR) is 113 cm³/mol. The SMILES string of the molecule is CC(NC(=O)c1cc2c(s1)CCCC2)c1cc(F)ccc1N1CCN(C)CC1. The van der Waals surface area contributed by atoms with Crippen LogP contribution < -0.4 is 10.2 Å². The summed E-state index contributed by atoms with van der Waals surface area (Å²) in [4.78, 5) is 19.6. The number of hydrogen-bond donors (Lipinski definition) is 1. The number of carbonyl (C=O) groups is 1. The maximum Gasteiger partial charge on any atom is 0.261 e. The Bertz CT molecular complexity index is 834. The number of nitrogens with zero attached hydrogens (tertiary/aromatic N) is 2. The number of nitrogens with one attached hydrogen (secondary N) is 1. The van der Waals surface area contributed by atoms with Crippen LogP contribution in [0.15, 0.2) is 24.3 Å². The van der Waals surface area contributed by atoms with Crippen LogP contribution >= 0.6 is 11.3 Å². The Balaban J connectivity index is 1.52. The largest absolute Gasteiger partial charge is 0.369 e. The van der Waals surface area contributed by atoms with Gasteiger partial charge in [0.15, 0.2) is 0 Å². The third kappa shape index (κ3) is 4.08. The van der Waals surface area contributed by atoms with Gasteiger partial charge in [0.25, 0.3) is 5.91 Å². The number of likely N-dealkylation sites (N-methyl/N-ethyl adjacent to an activating group) is 1. The molecule has 150 valence electrons. The number of piperazine rings is 1. The third-order valence-electron chi connectivity index (χ3n) is 5.87. The number of rotatable bonds is 4. The van der Waals surface area contributed by atoms with Crippen LogP contribution in [0.25, 0.3) is 0 Å². The van der Waals surface area contributed by atoms with Gasteiger partial charge in [0.1, 0.15) is 5.82 Å². The van der Waals surface area contributed by atoms with Gasteiger partial charge < -0.3 is 15.1 Å². The molecule has 1 atom stereocenters. The third-order valence-corrected chi connectivity index (χ3v) is 7.10. The second kappa shape index (κ2) is 8.21. The van der Waals surface area contributed by atoms with E-state index >= 15 is 0 Å². The molecule has 4 rings (SSSR count). The molecule has 6 heteroatoms. The molecule has 1 amide bonds. The maximum atomic E-state index is 14.0. The Kier molecular flexibility index (Phi) is 5.69. The molecule has 1 unspecified atom stereocenters. The highest BCUT2D eigenvalue weighted by Crippen LogP contribution is 2.31. The van der Waals surface area contributed by atoms with E-state index in [0.29, 0.717) is 0 Å². The first-order valence-electron chi connectivity index (χ1n) is 10.2. The number of carbonyl (C=O) groups excluding carboxylic acids is 1. The molecule has 0 bridgehead atoms. The van der Waals surface area contributed by atoms with Crippen LogP contribution in [0.1, 0.15) is 51.5 Å². The van der Waals surface area contributed by atoms with Gasteiger partial charge in [0, 0.05) is 42.3 Å². The molecule has 1 saturated heterocycles. The van der Waals surface area contributed by atoms with Crippen molar-refractivity contribution in [2.75, 3.05) is 38.1 Å². The van der Waals surface area contributed by atoms with Gasteiger partial charge in [-0.25, -0.2) is 4.39 Å². The minimum Gasteiger partial charge on any atom is -0.369 e. The number of fused-ring (bicyclic) bond motifs is 1. The van der Waals surface area contributed by atoms with E-state index in [1.807, 2.05) is 19.1 Å². The predicted octanol–water partition coefficient (Wildman–Crippen LogP) is 4.01. The van der Waals surface area contributed by atoms with Crippen LogP contribution in [0, 0.1) is 5.82 Å². The molecular weight excluding hydrogens is 373 g/mol. The molecule has 1 aromatic carbocycles. The zero-order valence-corrected chi connectivity index (χ0v) is 17.4. The van der Waals surface area contributed by atoms with Gasteiger partial charge in [0.05, 0.1) is 10.9 Å². The van der Waals surface area contributed by atoms with Crippen molar-refractivity contribution in [1.29, 1.82) is 0 Å². The summed E-state index contributed by atoms with van der Waals surface area (Å²) < 4.78 is 14.0. The summed E-state index contributed by atoms with van der Waals surface area (Å²) >= 11 is 1.61. The van der Waals surface area contributed by atoms with Crippen molar-refractivity contribution in [3.8, 4) is 0 Å². The monoisotopic (exact) mass is 401 g/mol. The van der Waals surface area contributed by atoms with E-state index in [1.165, 1.54) is 29.3 Å². The molecular formula is C22H28FN3OS. The summed E-state index contributed by atoms with van der Waals surface area (Å²) in [7, 11) is 2.12. The van der Waals surface area contributed by atoms with Crippen molar-refractivity contribution < 1.29 is 9.18 Å². The van der Waals surface area contributed by atoms with Crippen LogP contribution in [0.2, 0.25) is 0 Å². The van der Waals surface area contributed by atoms with Gasteiger partial charge in [0.2, 0.25) is 0 Å². The lowest BCUT2D eigenvalue weighted by Crippen LogP contribution is -2.45. The van der Waals surface area contributed by atoms with Crippen molar-refractivity contribution in [3.63, 3.8) is 0 Å². The van der Waals surface area contributed by atoms with Crippen molar-refractivity contribution in [3.05, 3.63) is 51.0 Å². The maximum absolute atomic E-state index is 14.0. The van der Waals surface area contributed by atoms with E-state index in [-0.39, 0.29) is 17.8 Å². The summed E-state index contributed by atoms with van der Waals surface area (Å²) in [6, 6.07) is 6.73. The quantitative estimate of drug-likeness (QED) is 0.841. The smallest absolute Gasteiger partial charge is 0.261 e. The summed E-state index contributed by atoms with van der Waals surface area (Å²) in [5, 5.41) is 3.10. The van der Waals surface area contributed by atoms with Crippen LogP contribution in [-0.4, -0.2) is 44.0 Å². The van der Waals surface area contributed by atoms with Crippen LogP contribution in [0.3, 0.4) is 0 Å². The number of benzene rings is 1. The number of aryl methyl sites for hydroxylation is 2. The van der Waals surface area contributed by atoms with Gasteiger partial charge in [-0.2, -0.15) is 0 Å². The minimum absolute atomic E-state index is 0.0551. The Hall–Kier alpha value is -1.92. The molecule has 4 nitrogen and oxygen atoms in total. The van der Waals surface area contributed by atoms with E-state index in [4.69, 9.17) is 0 Å². The van der Waals surface area contributed by atoms with E-state index in [9.17, 15) is 9.18 Å². The van der Waals surface area contributed by atoms with Gasteiger partial charge in [-0.1, -0.05) is 0 Å². The molecule has 0 radical (unpaired) electrons. The molecule has 1 aliphatic carbocycles. The van der Waals surface area contributed by atoms with E-state index < -0.39 is 0 Å². The van der Waals surface area contributed by atoms with E-state index in [0.717, 1.165) is 55.1 Å². The molecule has 1 fully saturated rings. The van der Waals surface area contributed by atoms with Crippen LogP contribution in [0.5, 0.6) is 0 Å². The summed E-state index contributed by atoms with van der Waals surface area (Å²) in [6.45, 7) is 5.73. The fourth-order valence-corrected chi connectivity index (χ4v) is 5.31. The first kappa shape index (κ1) is 19.4. The first-order chi connectivity index (χ1) is 13.5. The van der Waals surface area contributed by atoms with E-state index in [2.05, 4.69) is 22.2 Å². The first-order valence-corrected chi connectivity index (χ1v) is 11.0. The topological polar surface area (TPSA) is 35.6 Å². The fraction of sp³-hybridized carbons (Fsp3) is 0.500. The molecule has 28 heavy (non-hydrogen) atoms. The summed E-state index contributed by atoms with van der Waals surface area (Å²) in [6.07, 6.45) is 4.58. The average Bonchev–Trinajstić information content (AvgIpc) is 3.13. The lowest BCUT2D eigenvalue weighted by Gasteiger charge is -2.36. The van der Waals surface area contributed by atoms with Crippen LogP contribution in [-0.2, 0) is 12.8 Å². The Morgan fingerprint density at radius 1 is 1.14 bits per heavy atom. The Morgan fingerprint density at radius 2 is 1.89 bits per heavy atom. The minimum atomic E-state index is -0.263. The van der Waals surface area contributed by atoms with Crippen molar-refractivity contribution in [2.24, 2.45) is 0 Å². The second-order valence-electron chi connectivity index (χ2n) is 7.95. The molecule has 2 heterocycles. The molecule has 0 saturated carbocycles. The van der Waals surface area contributed by atoms with E-state index in [1.54, 1.807) is 17.4 Å². The second-order valence-corrected chi connectivity index (χ2v) is 9.09. The van der Waals surface area contributed by atoms with Crippen molar-refractivity contribution in [1.82, 2.24) is 10.2 Å². The standard InChI is InChI=1S/C22H28FN3OS/c1-15(24-22(27)21-13-16-5-3-4-6-20(16)28-21)18-14-17(23)7-8-19(18)26-11-9-25(2)10-12-26/h7-8,13-15H,3-6,9-12H2,1-2H3,(H,24,27). The zero-order chi connectivity index (χ0) is 19.7. The lowest BCUT2D eigenvalue weighted by molar-refractivity contribution is 0.0944. The highest BCUT2D eigenvalue weighted by atomic mass is 32.1. The molecule has 1 aromatic heterocycles. The Morgan fingerprint density at radius 3 is 2.64 bits per heavy atom. The highest BCUT2D eigenvalue weighted by Gasteiger charge is 2.23. The van der Waals surface area contributed by atoms with Crippen molar-refractivity contribution in [2.45, 2.75) is 38.6 Å². The lowest BCUT2D eigenvalue weighted by atomic mass is 9.99. The molecule has 0 spiro atoms. The highest BCUT2D eigenvalue weighted by molar-refractivity contribution is 7.14. The Labute approximate surface area is 170 Å². The normalized spacial score (nSPS) is 18.6. The summed E-state index contributed by atoms with van der Waals surface area (Å²) in [5.74, 6) is -0.318. The summed E-state index contributed by atoms with van der Waals surface area (Å²) in [5.41, 5.74) is 3.20. The fourth-order valence-electron chi connectivity index (χ4n) is 4.16. The molecule has 2 aromatic rings. The number of amides is 1. The molecule has 2 aliphatic rings. The van der Waals surface area contributed by atoms with Gasteiger partial charge >= 0.3 is 0 Å². The molecule has 1 aliphatic heterocycles. The number of anilines is 1. The molecule has 1 N–H and O–H groups in total. The average molecular weight is 402 g/mol. The number of thiophene rings is 1. The van der Waals surface area contributed by atoms with Crippen molar-refractivity contribution >= 4 is 22.9 Å². The van der Waals surface area contributed by atoms with Gasteiger partial charge in [-0.15, -0.1) is 11.3 Å². The van der Waals surface area contributed by atoms with Crippen LogP contribution in [0.4, 0.5) is 10.1 Å². The van der Waals surface area contributed by atoms with Gasteiger partial charge in [-0.05, 0) is 69.5 Å². The zero-order valence-electron chi connectivity index (χ0n) is 16.6.